The SMILES string of the molecule is CNCc1noc(-c2csc(I)c2)n1. The Hall–Kier alpha value is -0.470. The first kappa shape index (κ1) is 10.1. The third-order valence-electron chi connectivity index (χ3n) is 1.62. The summed E-state index contributed by atoms with van der Waals surface area (Å²) in [6.07, 6.45) is 0. The lowest BCUT2D eigenvalue weighted by Gasteiger charge is -1.86. The van der Waals surface area contributed by atoms with Crippen molar-refractivity contribution in [3.05, 3.63) is 20.2 Å². The average Bonchev–Trinajstić information content (AvgIpc) is 2.74. The molecule has 0 amide bonds. The van der Waals surface area contributed by atoms with Crippen molar-refractivity contribution in [1.29, 1.82) is 0 Å². The van der Waals surface area contributed by atoms with Crippen LogP contribution in [-0.2, 0) is 6.54 Å². The van der Waals surface area contributed by atoms with Gasteiger partial charge in [-0.3, -0.25) is 0 Å². The fourth-order valence-electron chi connectivity index (χ4n) is 1.02. The smallest absolute Gasteiger partial charge is 0.258 e. The molecule has 0 aliphatic carbocycles. The maximum absolute atomic E-state index is 5.12. The molecule has 74 valence electrons. The molecule has 0 saturated carbocycles. The predicted octanol–water partition coefficient (Wildman–Crippen LogP) is 2.12. The van der Waals surface area contributed by atoms with Gasteiger partial charge in [-0.2, -0.15) is 4.98 Å². The van der Waals surface area contributed by atoms with E-state index in [1.165, 1.54) is 2.88 Å². The van der Waals surface area contributed by atoms with Gasteiger partial charge in [-0.05, 0) is 35.7 Å². The molecule has 2 heterocycles. The molecule has 0 aromatic carbocycles. The Morgan fingerprint density at radius 3 is 3.14 bits per heavy atom. The molecule has 0 radical (unpaired) electrons. The average molecular weight is 321 g/mol. The summed E-state index contributed by atoms with van der Waals surface area (Å²) in [5.41, 5.74) is 0.995. The number of thiophene rings is 1. The second kappa shape index (κ2) is 4.37. The molecule has 2 aromatic rings. The maximum Gasteiger partial charge on any atom is 0.258 e. The molecule has 0 bridgehead atoms. The first-order chi connectivity index (χ1) is 6.79. The van der Waals surface area contributed by atoms with Crippen molar-refractivity contribution in [2.75, 3.05) is 7.05 Å². The highest BCUT2D eigenvalue weighted by molar-refractivity contribution is 14.1. The molecule has 4 nitrogen and oxygen atoms in total. The molecular weight excluding hydrogens is 313 g/mol. The van der Waals surface area contributed by atoms with Crippen molar-refractivity contribution in [2.45, 2.75) is 6.54 Å². The minimum absolute atomic E-state index is 0.592. The van der Waals surface area contributed by atoms with Gasteiger partial charge in [0, 0.05) is 5.38 Å². The number of nitrogens with one attached hydrogen (secondary N) is 1. The van der Waals surface area contributed by atoms with Crippen LogP contribution in [0.5, 0.6) is 0 Å². The van der Waals surface area contributed by atoms with Crippen LogP contribution in [-0.4, -0.2) is 17.2 Å². The molecule has 0 saturated heterocycles. The van der Waals surface area contributed by atoms with Crippen LogP contribution in [0, 0.1) is 2.88 Å². The summed E-state index contributed by atoms with van der Waals surface area (Å²) < 4.78 is 6.33. The third-order valence-corrected chi connectivity index (χ3v) is 3.41. The van der Waals surface area contributed by atoms with Crippen molar-refractivity contribution in [3.8, 4) is 11.5 Å². The zero-order valence-corrected chi connectivity index (χ0v) is 10.4. The van der Waals surface area contributed by atoms with Crippen LogP contribution < -0.4 is 5.32 Å². The zero-order chi connectivity index (χ0) is 9.97. The van der Waals surface area contributed by atoms with E-state index >= 15 is 0 Å². The van der Waals surface area contributed by atoms with E-state index in [0.29, 0.717) is 18.3 Å². The topological polar surface area (TPSA) is 51.0 Å². The normalized spacial score (nSPS) is 10.7. The maximum atomic E-state index is 5.12. The minimum atomic E-state index is 0.592. The fourth-order valence-corrected chi connectivity index (χ4v) is 2.34. The van der Waals surface area contributed by atoms with Gasteiger partial charge < -0.3 is 9.84 Å². The Kier molecular flexibility index (Phi) is 3.14. The highest BCUT2D eigenvalue weighted by Gasteiger charge is 2.09. The summed E-state index contributed by atoms with van der Waals surface area (Å²) >= 11 is 3.93. The molecule has 6 heteroatoms. The number of hydrogen-bond acceptors (Lipinski definition) is 5. The van der Waals surface area contributed by atoms with Gasteiger partial charge in [-0.25, -0.2) is 0 Å². The Balaban J connectivity index is 2.24. The van der Waals surface area contributed by atoms with E-state index in [4.69, 9.17) is 4.52 Å². The summed E-state index contributed by atoms with van der Waals surface area (Å²) in [6.45, 7) is 0.630. The standard InChI is InChI=1S/C8H8IN3OS/c1-10-3-7-11-8(13-12-7)5-2-6(9)14-4-5/h2,4,10H,3H2,1H3. The summed E-state index contributed by atoms with van der Waals surface area (Å²) in [7, 11) is 1.85. The molecule has 0 atom stereocenters. The zero-order valence-electron chi connectivity index (χ0n) is 7.45. The van der Waals surface area contributed by atoms with E-state index in [-0.39, 0.29) is 0 Å². The van der Waals surface area contributed by atoms with Crippen LogP contribution in [0.15, 0.2) is 16.0 Å². The predicted molar refractivity (Wildman–Crippen MR) is 63.1 cm³/mol. The van der Waals surface area contributed by atoms with E-state index in [0.717, 1.165) is 5.56 Å². The van der Waals surface area contributed by atoms with Crippen molar-refractivity contribution in [2.24, 2.45) is 0 Å². The van der Waals surface area contributed by atoms with Gasteiger partial charge in [0.25, 0.3) is 5.89 Å². The molecule has 2 aromatic heterocycles. The van der Waals surface area contributed by atoms with Crippen molar-refractivity contribution in [3.63, 3.8) is 0 Å². The van der Waals surface area contributed by atoms with Gasteiger partial charge in [0.15, 0.2) is 5.82 Å². The third kappa shape index (κ3) is 2.12. The lowest BCUT2D eigenvalue weighted by molar-refractivity contribution is 0.421. The second-order valence-corrected chi connectivity index (χ2v) is 5.49. The first-order valence-electron chi connectivity index (χ1n) is 4.01. The van der Waals surface area contributed by atoms with E-state index in [1.54, 1.807) is 11.3 Å². The Labute approximate surface area is 98.9 Å². The summed E-state index contributed by atoms with van der Waals surface area (Å²) in [5.74, 6) is 1.28. The molecule has 0 spiro atoms. The lowest BCUT2D eigenvalue weighted by Crippen LogP contribution is -2.06. The van der Waals surface area contributed by atoms with Crippen LogP contribution in [0.1, 0.15) is 5.82 Å². The largest absolute Gasteiger partial charge is 0.334 e. The van der Waals surface area contributed by atoms with Crippen LogP contribution >= 0.6 is 33.9 Å². The van der Waals surface area contributed by atoms with Crippen molar-refractivity contribution >= 4 is 33.9 Å². The number of aromatic nitrogens is 2. The number of nitrogens with zero attached hydrogens (tertiary/aromatic N) is 2. The molecule has 0 aliphatic rings. The molecule has 0 aliphatic heterocycles. The first-order valence-corrected chi connectivity index (χ1v) is 5.97. The number of hydrogen-bond donors (Lipinski definition) is 1. The molecule has 14 heavy (non-hydrogen) atoms. The molecule has 2 rings (SSSR count). The van der Waals surface area contributed by atoms with Gasteiger partial charge in [0.05, 0.1) is 15.0 Å². The molecule has 0 fully saturated rings. The summed E-state index contributed by atoms with van der Waals surface area (Å²) in [6, 6.07) is 2.03. The number of halogens is 1. The monoisotopic (exact) mass is 321 g/mol. The molecular formula is C8H8IN3OS. The van der Waals surface area contributed by atoms with E-state index in [2.05, 4.69) is 38.0 Å². The lowest BCUT2D eigenvalue weighted by atomic mass is 10.3. The minimum Gasteiger partial charge on any atom is -0.334 e. The quantitative estimate of drug-likeness (QED) is 0.880. The second-order valence-electron chi connectivity index (χ2n) is 2.69. The van der Waals surface area contributed by atoms with Gasteiger partial charge in [0.1, 0.15) is 0 Å². The fraction of sp³-hybridized carbons (Fsp3) is 0.250. The summed E-state index contributed by atoms with van der Waals surface area (Å²) in [4.78, 5) is 4.25. The van der Waals surface area contributed by atoms with Gasteiger partial charge >= 0.3 is 0 Å². The Morgan fingerprint density at radius 1 is 1.64 bits per heavy atom. The van der Waals surface area contributed by atoms with Gasteiger partial charge in [-0.15, -0.1) is 11.3 Å². The molecule has 0 unspecified atom stereocenters. The van der Waals surface area contributed by atoms with Gasteiger partial charge in [0.2, 0.25) is 0 Å². The van der Waals surface area contributed by atoms with Crippen LogP contribution in [0.3, 0.4) is 0 Å². The van der Waals surface area contributed by atoms with E-state index in [1.807, 2.05) is 18.5 Å². The molecule has 1 N–H and O–H groups in total. The highest BCUT2D eigenvalue weighted by Crippen LogP contribution is 2.24. The highest BCUT2D eigenvalue weighted by atomic mass is 127. The summed E-state index contributed by atoms with van der Waals surface area (Å²) in [5, 5.41) is 8.83. The van der Waals surface area contributed by atoms with E-state index in [9.17, 15) is 0 Å². The van der Waals surface area contributed by atoms with E-state index < -0.39 is 0 Å². The van der Waals surface area contributed by atoms with Gasteiger partial charge in [-0.1, -0.05) is 5.16 Å². The van der Waals surface area contributed by atoms with Crippen LogP contribution in [0.25, 0.3) is 11.5 Å². The Morgan fingerprint density at radius 2 is 2.50 bits per heavy atom. The van der Waals surface area contributed by atoms with Crippen molar-refractivity contribution < 1.29 is 4.52 Å². The number of rotatable bonds is 3. The van der Waals surface area contributed by atoms with Crippen LogP contribution in [0.2, 0.25) is 0 Å². The van der Waals surface area contributed by atoms with Crippen molar-refractivity contribution in [1.82, 2.24) is 15.5 Å². The Bertz CT molecular complexity index is 426. The van der Waals surface area contributed by atoms with Crippen LogP contribution in [0.4, 0.5) is 0 Å².